The Morgan fingerprint density at radius 3 is 2.56 bits per heavy atom. The molecule has 1 aliphatic rings. The number of unbranched alkanes of at least 4 members (excludes halogenated alkanes) is 1. The molecule has 5 atom stereocenters. The lowest BCUT2D eigenvalue weighted by molar-refractivity contribution is -0.180. The lowest BCUT2D eigenvalue weighted by Crippen LogP contribution is -2.40. The highest BCUT2D eigenvalue weighted by Crippen LogP contribution is 2.24. The Hall–Kier alpha value is -0.240. The van der Waals surface area contributed by atoms with Crippen molar-refractivity contribution in [3.8, 4) is 0 Å². The summed E-state index contributed by atoms with van der Waals surface area (Å²) in [5.41, 5.74) is 0. The normalized spacial score (nSPS) is 36.6. The highest BCUT2D eigenvalue weighted by molar-refractivity contribution is 4.90. The van der Waals surface area contributed by atoms with Crippen LogP contribution in [0.15, 0.2) is 0 Å². The molecule has 96 valence electrons. The second-order valence-electron chi connectivity index (χ2n) is 3.92. The molecule has 6 nitrogen and oxygen atoms in total. The molecule has 4 N–H and O–H groups in total. The predicted octanol–water partition coefficient (Wildman–Crippen LogP) is -1.40. The molecule has 0 bridgehead atoms. The van der Waals surface area contributed by atoms with Gasteiger partial charge in [-0.2, -0.15) is 0 Å². The van der Waals surface area contributed by atoms with Gasteiger partial charge < -0.3 is 29.9 Å². The van der Waals surface area contributed by atoms with Gasteiger partial charge in [0.2, 0.25) is 0 Å². The summed E-state index contributed by atoms with van der Waals surface area (Å²) < 4.78 is 10.4. The van der Waals surface area contributed by atoms with E-state index < -0.39 is 37.3 Å². The van der Waals surface area contributed by atoms with Crippen LogP contribution in [0.4, 0.5) is 0 Å². The Balaban J connectivity index is 2.44. The fraction of sp³-hybridized carbons (Fsp3) is 1.00. The Morgan fingerprint density at radius 2 is 2.00 bits per heavy atom. The zero-order valence-corrected chi connectivity index (χ0v) is 9.32. The van der Waals surface area contributed by atoms with Gasteiger partial charge in [-0.25, -0.2) is 0 Å². The van der Waals surface area contributed by atoms with Crippen molar-refractivity contribution in [2.45, 2.75) is 50.5 Å². The highest BCUT2D eigenvalue weighted by Gasteiger charge is 2.46. The zero-order valence-electron chi connectivity index (χ0n) is 9.32. The molecule has 16 heavy (non-hydrogen) atoms. The van der Waals surface area contributed by atoms with Crippen molar-refractivity contribution in [2.75, 3.05) is 13.2 Å². The van der Waals surface area contributed by atoms with Crippen LogP contribution in [0.25, 0.3) is 0 Å². The fourth-order valence-electron chi connectivity index (χ4n) is 1.58. The molecule has 6 heteroatoms. The summed E-state index contributed by atoms with van der Waals surface area (Å²) in [4.78, 5) is 0. The SMILES string of the molecule is CCCCO[C@@H]1O[C@@H]([C@H](O)CO)[C@H](O)[C@H]1O. The molecule has 0 amide bonds. The molecule has 0 saturated carbocycles. The third-order valence-electron chi connectivity index (χ3n) is 2.60. The van der Waals surface area contributed by atoms with Gasteiger partial charge in [0.25, 0.3) is 0 Å². The van der Waals surface area contributed by atoms with E-state index in [1.807, 2.05) is 6.92 Å². The van der Waals surface area contributed by atoms with Crippen LogP contribution in [0.1, 0.15) is 19.8 Å². The maximum absolute atomic E-state index is 9.58. The standard InChI is InChI=1S/C10H20O6/c1-2-3-4-15-10-8(14)7(13)9(16-10)6(12)5-11/h6-14H,2-5H2,1H3/t6-,7-,8-,9+,10-/m1/s1. The van der Waals surface area contributed by atoms with Crippen LogP contribution in [0.5, 0.6) is 0 Å². The van der Waals surface area contributed by atoms with Gasteiger partial charge >= 0.3 is 0 Å². The van der Waals surface area contributed by atoms with Crippen molar-refractivity contribution in [1.29, 1.82) is 0 Å². The van der Waals surface area contributed by atoms with E-state index in [-0.39, 0.29) is 0 Å². The van der Waals surface area contributed by atoms with Crippen LogP contribution in [-0.2, 0) is 9.47 Å². The molecule has 1 aliphatic heterocycles. The number of hydrogen-bond acceptors (Lipinski definition) is 6. The van der Waals surface area contributed by atoms with Gasteiger partial charge in [-0.15, -0.1) is 0 Å². The minimum Gasteiger partial charge on any atom is -0.394 e. The molecule has 0 spiro atoms. The zero-order chi connectivity index (χ0) is 12.1. The summed E-state index contributed by atoms with van der Waals surface area (Å²) >= 11 is 0. The van der Waals surface area contributed by atoms with Crippen LogP contribution in [0, 0.1) is 0 Å². The van der Waals surface area contributed by atoms with Gasteiger partial charge in [0, 0.05) is 6.61 Å². The largest absolute Gasteiger partial charge is 0.394 e. The molecule has 0 aliphatic carbocycles. The monoisotopic (exact) mass is 236 g/mol. The number of aliphatic hydroxyl groups excluding tert-OH is 4. The summed E-state index contributed by atoms with van der Waals surface area (Å²) in [5, 5.41) is 37.2. The van der Waals surface area contributed by atoms with Gasteiger partial charge in [-0.1, -0.05) is 13.3 Å². The summed E-state index contributed by atoms with van der Waals surface area (Å²) in [6, 6.07) is 0. The molecule has 0 radical (unpaired) electrons. The molecule has 0 aromatic carbocycles. The average Bonchev–Trinajstić information content (AvgIpc) is 2.57. The van der Waals surface area contributed by atoms with Crippen LogP contribution in [0.2, 0.25) is 0 Å². The van der Waals surface area contributed by atoms with Gasteiger partial charge in [0.1, 0.15) is 24.4 Å². The summed E-state index contributed by atoms with van der Waals surface area (Å²) in [6.45, 7) is 1.89. The summed E-state index contributed by atoms with van der Waals surface area (Å²) in [7, 11) is 0. The first-order valence-corrected chi connectivity index (χ1v) is 5.54. The van der Waals surface area contributed by atoms with Crippen LogP contribution in [-0.4, -0.2) is 64.3 Å². The van der Waals surface area contributed by atoms with Crippen LogP contribution < -0.4 is 0 Å². The Bertz CT molecular complexity index is 200. The average molecular weight is 236 g/mol. The van der Waals surface area contributed by atoms with E-state index >= 15 is 0 Å². The molecular weight excluding hydrogens is 216 g/mol. The molecular formula is C10H20O6. The Labute approximate surface area is 94.4 Å². The first kappa shape index (κ1) is 13.8. The van der Waals surface area contributed by atoms with Crippen molar-refractivity contribution < 1.29 is 29.9 Å². The minimum atomic E-state index is -1.24. The van der Waals surface area contributed by atoms with E-state index in [2.05, 4.69) is 0 Å². The third kappa shape index (κ3) is 3.13. The van der Waals surface area contributed by atoms with E-state index in [4.69, 9.17) is 14.6 Å². The molecule has 1 saturated heterocycles. The van der Waals surface area contributed by atoms with Crippen molar-refractivity contribution in [2.24, 2.45) is 0 Å². The topological polar surface area (TPSA) is 99.4 Å². The minimum absolute atomic E-state index is 0.423. The molecule has 1 rings (SSSR count). The number of aliphatic hydroxyl groups is 4. The molecule has 0 aromatic rings. The van der Waals surface area contributed by atoms with E-state index in [1.54, 1.807) is 0 Å². The third-order valence-corrected chi connectivity index (χ3v) is 2.60. The van der Waals surface area contributed by atoms with Crippen LogP contribution >= 0.6 is 0 Å². The Morgan fingerprint density at radius 1 is 1.31 bits per heavy atom. The smallest absolute Gasteiger partial charge is 0.186 e. The van der Waals surface area contributed by atoms with E-state index in [0.717, 1.165) is 12.8 Å². The number of ether oxygens (including phenoxy) is 2. The van der Waals surface area contributed by atoms with Gasteiger partial charge in [0.05, 0.1) is 6.61 Å². The van der Waals surface area contributed by atoms with Crippen molar-refractivity contribution in [3.05, 3.63) is 0 Å². The van der Waals surface area contributed by atoms with E-state index in [1.165, 1.54) is 0 Å². The lowest BCUT2D eigenvalue weighted by atomic mass is 10.1. The molecule has 1 fully saturated rings. The van der Waals surface area contributed by atoms with Crippen LogP contribution in [0.3, 0.4) is 0 Å². The van der Waals surface area contributed by atoms with Crippen molar-refractivity contribution >= 4 is 0 Å². The first-order chi connectivity index (χ1) is 7.61. The van der Waals surface area contributed by atoms with Gasteiger partial charge in [-0.05, 0) is 6.42 Å². The summed E-state index contributed by atoms with van der Waals surface area (Å²) in [6.07, 6.45) is -3.81. The Kier molecular flexibility index (Phi) is 5.60. The highest BCUT2D eigenvalue weighted by atomic mass is 16.7. The quantitative estimate of drug-likeness (QED) is 0.423. The fourth-order valence-corrected chi connectivity index (χ4v) is 1.58. The van der Waals surface area contributed by atoms with Gasteiger partial charge in [-0.3, -0.25) is 0 Å². The van der Waals surface area contributed by atoms with E-state index in [0.29, 0.717) is 6.61 Å². The summed E-state index contributed by atoms with van der Waals surface area (Å²) in [5.74, 6) is 0. The second kappa shape index (κ2) is 6.48. The molecule has 0 unspecified atom stereocenters. The van der Waals surface area contributed by atoms with Gasteiger partial charge in [0.15, 0.2) is 6.29 Å². The number of hydrogen-bond donors (Lipinski definition) is 4. The number of rotatable bonds is 6. The second-order valence-corrected chi connectivity index (χ2v) is 3.92. The molecule has 1 heterocycles. The maximum Gasteiger partial charge on any atom is 0.186 e. The van der Waals surface area contributed by atoms with Crippen molar-refractivity contribution in [3.63, 3.8) is 0 Å². The molecule has 0 aromatic heterocycles. The predicted molar refractivity (Wildman–Crippen MR) is 54.6 cm³/mol. The van der Waals surface area contributed by atoms with Crippen molar-refractivity contribution in [1.82, 2.24) is 0 Å². The maximum atomic E-state index is 9.58. The van der Waals surface area contributed by atoms with E-state index in [9.17, 15) is 15.3 Å². The lowest BCUT2D eigenvalue weighted by Gasteiger charge is -2.18. The first-order valence-electron chi connectivity index (χ1n) is 5.54.